The van der Waals surface area contributed by atoms with Gasteiger partial charge in [-0.3, -0.25) is 9.59 Å². The number of carbonyl (C=O) groups is 3. The van der Waals surface area contributed by atoms with Gasteiger partial charge in [0.2, 0.25) is 0 Å². The third kappa shape index (κ3) is 2.96. The van der Waals surface area contributed by atoms with Crippen molar-refractivity contribution in [3.8, 4) is 0 Å². The van der Waals surface area contributed by atoms with Crippen LogP contribution in [0.2, 0.25) is 0 Å². The fourth-order valence-electron chi connectivity index (χ4n) is 1.52. The summed E-state index contributed by atoms with van der Waals surface area (Å²) in [6.45, 7) is 3.32. The Morgan fingerprint density at radius 3 is 2.61 bits per heavy atom. The van der Waals surface area contributed by atoms with E-state index in [4.69, 9.17) is 16.3 Å². The lowest BCUT2D eigenvalue weighted by atomic mass is 9.97. The maximum absolute atomic E-state index is 11.9. The van der Waals surface area contributed by atoms with Crippen LogP contribution in [0.5, 0.6) is 0 Å². The Bertz CT molecular complexity index is 480. The SMILES string of the molecule is CCOC(=O)c1c(C=O)cccc1C(=O)C(C)Cl. The molecule has 1 rings (SSSR count). The van der Waals surface area contributed by atoms with Crippen molar-refractivity contribution in [3.05, 3.63) is 34.9 Å². The normalized spacial score (nSPS) is 11.7. The van der Waals surface area contributed by atoms with Crippen LogP contribution in [0.1, 0.15) is 44.9 Å². The Balaban J connectivity index is 3.38. The van der Waals surface area contributed by atoms with Gasteiger partial charge in [0, 0.05) is 11.1 Å². The molecule has 1 atom stereocenters. The molecule has 1 aromatic rings. The molecule has 0 bridgehead atoms. The van der Waals surface area contributed by atoms with Crippen molar-refractivity contribution in [1.82, 2.24) is 0 Å². The summed E-state index contributed by atoms with van der Waals surface area (Å²) in [5.74, 6) is -1.11. The molecule has 96 valence electrons. The van der Waals surface area contributed by atoms with Gasteiger partial charge in [0.05, 0.1) is 17.5 Å². The lowest BCUT2D eigenvalue weighted by Gasteiger charge is -2.11. The number of benzene rings is 1. The van der Waals surface area contributed by atoms with E-state index in [0.29, 0.717) is 6.29 Å². The van der Waals surface area contributed by atoms with E-state index in [-0.39, 0.29) is 23.3 Å². The molecule has 0 aliphatic carbocycles. The molecule has 0 amide bonds. The number of ketones is 1. The number of alkyl halides is 1. The van der Waals surface area contributed by atoms with Gasteiger partial charge < -0.3 is 4.74 Å². The number of carbonyl (C=O) groups excluding carboxylic acids is 3. The van der Waals surface area contributed by atoms with Crippen molar-refractivity contribution in [3.63, 3.8) is 0 Å². The lowest BCUT2D eigenvalue weighted by Crippen LogP contribution is -2.18. The maximum atomic E-state index is 11.9. The molecule has 0 aromatic heterocycles. The minimum Gasteiger partial charge on any atom is -0.462 e. The van der Waals surface area contributed by atoms with E-state index in [9.17, 15) is 14.4 Å². The smallest absolute Gasteiger partial charge is 0.339 e. The second kappa shape index (κ2) is 6.31. The summed E-state index contributed by atoms with van der Waals surface area (Å²) in [5, 5.41) is -0.778. The predicted molar refractivity (Wildman–Crippen MR) is 67.4 cm³/mol. The largest absolute Gasteiger partial charge is 0.462 e. The van der Waals surface area contributed by atoms with Crippen LogP contribution in [0.25, 0.3) is 0 Å². The number of ether oxygens (including phenoxy) is 1. The summed E-state index contributed by atoms with van der Waals surface area (Å²) in [4.78, 5) is 34.6. The van der Waals surface area contributed by atoms with Gasteiger partial charge in [-0.1, -0.05) is 18.2 Å². The van der Waals surface area contributed by atoms with Crippen molar-refractivity contribution < 1.29 is 19.1 Å². The zero-order valence-corrected chi connectivity index (χ0v) is 10.9. The number of rotatable bonds is 5. The molecule has 5 heteroatoms. The Kier molecular flexibility index (Phi) is 5.04. The molecule has 0 spiro atoms. The van der Waals surface area contributed by atoms with Crippen molar-refractivity contribution >= 4 is 29.6 Å². The predicted octanol–water partition coefficient (Wildman–Crippen LogP) is 2.49. The monoisotopic (exact) mass is 268 g/mol. The Morgan fingerprint density at radius 1 is 1.44 bits per heavy atom. The van der Waals surface area contributed by atoms with Gasteiger partial charge in [-0.15, -0.1) is 11.6 Å². The minimum atomic E-state index is -0.778. The van der Waals surface area contributed by atoms with Gasteiger partial charge in [0.1, 0.15) is 0 Å². The zero-order valence-electron chi connectivity index (χ0n) is 10.1. The number of Topliss-reactive ketones (excluding diaryl/α,β-unsaturated/α-hetero) is 1. The first kappa shape index (κ1) is 14.4. The summed E-state index contributed by atoms with van der Waals surface area (Å²) in [6.07, 6.45) is 0.516. The Morgan fingerprint density at radius 2 is 2.11 bits per heavy atom. The third-order valence-corrected chi connectivity index (χ3v) is 2.53. The molecule has 0 aliphatic rings. The van der Waals surface area contributed by atoms with Crippen molar-refractivity contribution in [2.75, 3.05) is 6.61 Å². The molecule has 18 heavy (non-hydrogen) atoms. The lowest BCUT2D eigenvalue weighted by molar-refractivity contribution is 0.0521. The van der Waals surface area contributed by atoms with Gasteiger partial charge in [-0.2, -0.15) is 0 Å². The number of hydrogen-bond acceptors (Lipinski definition) is 4. The topological polar surface area (TPSA) is 60.4 Å². The van der Waals surface area contributed by atoms with E-state index >= 15 is 0 Å². The van der Waals surface area contributed by atoms with E-state index in [1.165, 1.54) is 25.1 Å². The summed E-state index contributed by atoms with van der Waals surface area (Å²) < 4.78 is 4.85. The second-order valence-electron chi connectivity index (χ2n) is 3.59. The Hall–Kier alpha value is -1.68. The molecule has 4 nitrogen and oxygen atoms in total. The van der Waals surface area contributed by atoms with E-state index < -0.39 is 17.1 Å². The highest BCUT2D eigenvalue weighted by molar-refractivity contribution is 6.34. The highest BCUT2D eigenvalue weighted by Gasteiger charge is 2.23. The molecule has 0 aliphatic heterocycles. The summed E-state index contributed by atoms with van der Waals surface area (Å²) in [5.41, 5.74) is 0.212. The van der Waals surface area contributed by atoms with Crippen LogP contribution < -0.4 is 0 Å². The first-order valence-electron chi connectivity index (χ1n) is 5.46. The van der Waals surface area contributed by atoms with Crippen LogP contribution in [0.3, 0.4) is 0 Å². The molecule has 1 aromatic carbocycles. The third-order valence-electron chi connectivity index (χ3n) is 2.33. The molecular weight excluding hydrogens is 256 g/mol. The van der Waals surface area contributed by atoms with Gasteiger partial charge in [-0.25, -0.2) is 4.79 Å². The molecule has 0 N–H and O–H groups in total. The van der Waals surface area contributed by atoms with Gasteiger partial charge >= 0.3 is 5.97 Å². The van der Waals surface area contributed by atoms with Gasteiger partial charge in [0.15, 0.2) is 12.1 Å². The zero-order chi connectivity index (χ0) is 13.7. The van der Waals surface area contributed by atoms with Crippen LogP contribution >= 0.6 is 11.6 Å². The summed E-state index contributed by atoms with van der Waals surface area (Å²) >= 11 is 5.72. The van der Waals surface area contributed by atoms with Gasteiger partial charge in [0.25, 0.3) is 0 Å². The van der Waals surface area contributed by atoms with Gasteiger partial charge in [-0.05, 0) is 13.8 Å². The van der Waals surface area contributed by atoms with E-state index in [1.807, 2.05) is 0 Å². The molecular formula is C13H13ClO4. The van der Waals surface area contributed by atoms with Crippen LogP contribution in [0.4, 0.5) is 0 Å². The number of esters is 1. The van der Waals surface area contributed by atoms with Crippen molar-refractivity contribution in [1.29, 1.82) is 0 Å². The molecule has 0 saturated heterocycles. The fourth-order valence-corrected chi connectivity index (χ4v) is 1.64. The minimum absolute atomic E-state index is 0.0214. The van der Waals surface area contributed by atoms with Crippen LogP contribution in [0, 0.1) is 0 Å². The fraction of sp³-hybridized carbons (Fsp3) is 0.308. The summed E-state index contributed by atoms with van der Waals surface area (Å²) in [6, 6.07) is 4.44. The number of aldehydes is 1. The average Bonchev–Trinajstić information content (AvgIpc) is 2.36. The highest BCUT2D eigenvalue weighted by Crippen LogP contribution is 2.18. The van der Waals surface area contributed by atoms with E-state index in [0.717, 1.165) is 0 Å². The molecule has 0 heterocycles. The van der Waals surface area contributed by atoms with Crippen molar-refractivity contribution in [2.45, 2.75) is 19.2 Å². The van der Waals surface area contributed by atoms with Crippen LogP contribution in [-0.4, -0.2) is 30.0 Å². The average molecular weight is 269 g/mol. The standard InChI is InChI=1S/C13H13ClO4/c1-3-18-13(17)11-9(7-15)5-4-6-10(11)12(16)8(2)14/h4-8H,3H2,1-2H3. The highest BCUT2D eigenvalue weighted by atomic mass is 35.5. The molecule has 0 fully saturated rings. The molecule has 0 saturated carbocycles. The van der Waals surface area contributed by atoms with Crippen LogP contribution in [-0.2, 0) is 4.74 Å². The quantitative estimate of drug-likeness (QED) is 0.356. The van der Waals surface area contributed by atoms with Crippen LogP contribution in [0.15, 0.2) is 18.2 Å². The number of hydrogen-bond donors (Lipinski definition) is 0. The first-order chi connectivity index (χ1) is 8.52. The maximum Gasteiger partial charge on any atom is 0.339 e. The number of halogens is 1. The second-order valence-corrected chi connectivity index (χ2v) is 4.24. The Labute approximate surface area is 110 Å². The van der Waals surface area contributed by atoms with E-state index in [2.05, 4.69) is 0 Å². The molecule has 0 radical (unpaired) electrons. The summed E-state index contributed by atoms with van der Waals surface area (Å²) in [7, 11) is 0. The first-order valence-corrected chi connectivity index (χ1v) is 5.90. The van der Waals surface area contributed by atoms with E-state index in [1.54, 1.807) is 6.92 Å². The van der Waals surface area contributed by atoms with Crippen molar-refractivity contribution in [2.24, 2.45) is 0 Å². The molecule has 1 unspecified atom stereocenters.